The fourth-order valence-corrected chi connectivity index (χ4v) is 4.58. The molecule has 2 atom stereocenters. The number of aryl methyl sites for hydroxylation is 2. The van der Waals surface area contributed by atoms with E-state index in [1.807, 2.05) is 6.20 Å². The predicted octanol–water partition coefficient (Wildman–Crippen LogP) is 2.91. The lowest BCUT2D eigenvalue weighted by Crippen LogP contribution is -2.51. The molecule has 3 heterocycles. The average molecular weight is 304 g/mol. The molecule has 1 saturated heterocycles. The molecule has 1 aliphatic heterocycles. The van der Waals surface area contributed by atoms with Crippen molar-refractivity contribution >= 4 is 11.3 Å². The predicted molar refractivity (Wildman–Crippen MR) is 80.0 cm³/mol. The molecule has 2 aromatic rings. The minimum atomic E-state index is -0.0139. The van der Waals surface area contributed by atoms with Crippen LogP contribution in [0.25, 0.3) is 0 Å². The van der Waals surface area contributed by atoms with Gasteiger partial charge in [-0.2, -0.15) is 0 Å². The second-order valence-electron chi connectivity index (χ2n) is 6.09. The van der Waals surface area contributed by atoms with Crippen molar-refractivity contribution in [2.75, 3.05) is 6.54 Å². The average Bonchev–Trinajstić information content (AvgIpc) is 3.12. The molecular formula is C15H20N4OS. The Hall–Kier alpha value is -1.27. The van der Waals surface area contributed by atoms with Gasteiger partial charge >= 0.3 is 0 Å². The number of nitrogens with zero attached hydrogens (tertiary/aromatic N) is 4. The van der Waals surface area contributed by atoms with Gasteiger partial charge in [-0.3, -0.25) is 4.90 Å². The Balaban J connectivity index is 1.64. The van der Waals surface area contributed by atoms with Crippen molar-refractivity contribution in [1.29, 1.82) is 0 Å². The highest BCUT2D eigenvalue weighted by Gasteiger charge is 2.59. The van der Waals surface area contributed by atoms with Gasteiger partial charge < -0.3 is 4.42 Å². The van der Waals surface area contributed by atoms with E-state index < -0.39 is 0 Å². The second-order valence-corrected chi connectivity index (χ2v) is 7.41. The topological polar surface area (TPSA) is 55.1 Å². The van der Waals surface area contributed by atoms with Gasteiger partial charge in [-0.15, -0.1) is 21.5 Å². The van der Waals surface area contributed by atoms with E-state index >= 15 is 0 Å². The van der Waals surface area contributed by atoms with E-state index in [0.717, 1.165) is 37.7 Å². The third kappa shape index (κ3) is 1.96. The van der Waals surface area contributed by atoms with E-state index in [4.69, 9.17) is 4.42 Å². The number of hydrogen-bond acceptors (Lipinski definition) is 6. The highest BCUT2D eigenvalue weighted by molar-refractivity contribution is 7.11. The van der Waals surface area contributed by atoms with Crippen LogP contribution in [0.4, 0.5) is 0 Å². The van der Waals surface area contributed by atoms with E-state index in [0.29, 0.717) is 5.92 Å². The summed E-state index contributed by atoms with van der Waals surface area (Å²) in [5, 5.41) is 9.74. The highest BCUT2D eigenvalue weighted by atomic mass is 32.1. The van der Waals surface area contributed by atoms with Crippen LogP contribution in [0.1, 0.15) is 47.9 Å². The first-order chi connectivity index (χ1) is 10.2. The van der Waals surface area contributed by atoms with Crippen molar-refractivity contribution in [3.8, 4) is 0 Å². The van der Waals surface area contributed by atoms with Crippen LogP contribution >= 0.6 is 11.3 Å². The van der Waals surface area contributed by atoms with Crippen LogP contribution in [-0.2, 0) is 18.5 Å². The van der Waals surface area contributed by atoms with Crippen LogP contribution in [0.2, 0.25) is 0 Å². The van der Waals surface area contributed by atoms with Crippen molar-refractivity contribution in [3.05, 3.63) is 27.9 Å². The van der Waals surface area contributed by atoms with Crippen molar-refractivity contribution < 1.29 is 4.42 Å². The SMILES string of the molecule is CCc1nnc([C@]23CC[C@H]2CCN3Cc2ncc(C)s2)o1. The summed E-state index contributed by atoms with van der Waals surface area (Å²) in [4.78, 5) is 8.31. The van der Waals surface area contributed by atoms with Crippen LogP contribution in [0.15, 0.2) is 10.6 Å². The molecule has 5 nitrogen and oxygen atoms in total. The lowest BCUT2D eigenvalue weighted by molar-refractivity contribution is -0.0162. The molecule has 6 heteroatoms. The molecule has 1 saturated carbocycles. The summed E-state index contributed by atoms with van der Waals surface area (Å²) in [5.74, 6) is 2.26. The Morgan fingerprint density at radius 1 is 1.43 bits per heavy atom. The van der Waals surface area contributed by atoms with E-state index in [2.05, 4.69) is 33.9 Å². The van der Waals surface area contributed by atoms with Gasteiger partial charge in [0.1, 0.15) is 10.5 Å². The third-order valence-electron chi connectivity index (χ3n) is 5.00. The van der Waals surface area contributed by atoms with Crippen LogP contribution in [-0.4, -0.2) is 26.6 Å². The number of thiazole rings is 1. The second kappa shape index (κ2) is 4.88. The number of aromatic nitrogens is 3. The zero-order chi connectivity index (χ0) is 14.4. The molecule has 0 unspecified atom stereocenters. The van der Waals surface area contributed by atoms with Crippen LogP contribution in [0.5, 0.6) is 0 Å². The summed E-state index contributed by atoms with van der Waals surface area (Å²) in [5.41, 5.74) is -0.0139. The molecule has 0 N–H and O–H groups in total. The molecule has 0 aromatic carbocycles. The Kier molecular flexibility index (Phi) is 3.11. The minimum Gasteiger partial charge on any atom is -0.423 e. The zero-order valence-corrected chi connectivity index (χ0v) is 13.3. The first-order valence-corrected chi connectivity index (χ1v) is 8.53. The molecule has 0 bridgehead atoms. The Labute approximate surface area is 128 Å². The molecule has 21 heavy (non-hydrogen) atoms. The lowest BCUT2D eigenvalue weighted by atomic mass is 9.67. The summed E-state index contributed by atoms with van der Waals surface area (Å²) in [6.45, 7) is 6.17. The van der Waals surface area contributed by atoms with Gasteiger partial charge in [-0.05, 0) is 38.6 Å². The molecule has 2 fully saturated rings. The highest BCUT2D eigenvalue weighted by Crippen LogP contribution is 2.56. The maximum atomic E-state index is 5.93. The maximum absolute atomic E-state index is 5.93. The fourth-order valence-electron chi connectivity index (χ4n) is 3.78. The summed E-state index contributed by atoms with van der Waals surface area (Å²) >= 11 is 1.79. The van der Waals surface area contributed by atoms with Crippen molar-refractivity contribution in [2.24, 2.45) is 5.92 Å². The Morgan fingerprint density at radius 3 is 2.95 bits per heavy atom. The molecule has 0 radical (unpaired) electrons. The maximum Gasteiger partial charge on any atom is 0.237 e. The third-order valence-corrected chi connectivity index (χ3v) is 5.89. The summed E-state index contributed by atoms with van der Waals surface area (Å²) < 4.78 is 5.93. The smallest absolute Gasteiger partial charge is 0.237 e. The molecule has 2 aliphatic rings. The van der Waals surface area contributed by atoms with Gasteiger partial charge in [-0.25, -0.2) is 4.98 Å². The number of rotatable bonds is 4. The molecule has 0 spiro atoms. The molecule has 112 valence electrons. The zero-order valence-electron chi connectivity index (χ0n) is 12.5. The van der Waals surface area contributed by atoms with Gasteiger partial charge in [0.2, 0.25) is 11.8 Å². The van der Waals surface area contributed by atoms with E-state index in [9.17, 15) is 0 Å². The number of likely N-dealkylation sites (tertiary alicyclic amines) is 1. The van der Waals surface area contributed by atoms with Gasteiger partial charge in [0.15, 0.2) is 0 Å². The molecule has 1 aliphatic carbocycles. The van der Waals surface area contributed by atoms with Gasteiger partial charge in [0.25, 0.3) is 0 Å². The summed E-state index contributed by atoms with van der Waals surface area (Å²) in [6, 6.07) is 0. The van der Waals surface area contributed by atoms with Gasteiger partial charge in [0.05, 0.1) is 6.54 Å². The Morgan fingerprint density at radius 2 is 2.33 bits per heavy atom. The quantitative estimate of drug-likeness (QED) is 0.869. The van der Waals surface area contributed by atoms with Crippen LogP contribution < -0.4 is 0 Å². The van der Waals surface area contributed by atoms with E-state index in [1.54, 1.807) is 11.3 Å². The fraction of sp³-hybridized carbons (Fsp3) is 0.667. The standard InChI is InChI=1S/C15H20N4OS/c1-3-12-17-18-14(20-12)15-6-4-11(15)5-7-19(15)9-13-16-8-10(2)21-13/h8,11H,3-7,9H2,1-2H3/t11-,15-/m0/s1. The first kappa shape index (κ1) is 13.4. The normalized spacial score (nSPS) is 28.6. The van der Waals surface area contributed by atoms with Crippen molar-refractivity contribution in [2.45, 2.75) is 51.6 Å². The van der Waals surface area contributed by atoms with Crippen molar-refractivity contribution in [1.82, 2.24) is 20.1 Å². The molecule has 2 aromatic heterocycles. The first-order valence-electron chi connectivity index (χ1n) is 7.71. The number of fused-ring (bicyclic) bond motifs is 1. The van der Waals surface area contributed by atoms with Gasteiger partial charge in [0, 0.05) is 17.5 Å². The summed E-state index contributed by atoms with van der Waals surface area (Å²) in [7, 11) is 0. The molecular weight excluding hydrogens is 284 g/mol. The van der Waals surface area contributed by atoms with E-state index in [-0.39, 0.29) is 5.54 Å². The number of hydrogen-bond donors (Lipinski definition) is 0. The Bertz CT molecular complexity index is 652. The van der Waals surface area contributed by atoms with Crippen LogP contribution in [0, 0.1) is 12.8 Å². The molecule has 4 rings (SSSR count). The monoisotopic (exact) mass is 304 g/mol. The minimum absolute atomic E-state index is 0.0139. The molecule has 0 amide bonds. The summed E-state index contributed by atoms with van der Waals surface area (Å²) in [6.07, 6.45) is 6.40. The van der Waals surface area contributed by atoms with Crippen molar-refractivity contribution in [3.63, 3.8) is 0 Å². The van der Waals surface area contributed by atoms with Crippen LogP contribution in [0.3, 0.4) is 0 Å². The van der Waals surface area contributed by atoms with E-state index in [1.165, 1.54) is 22.7 Å². The largest absolute Gasteiger partial charge is 0.423 e. The lowest BCUT2D eigenvalue weighted by Gasteiger charge is -2.47. The van der Waals surface area contributed by atoms with Gasteiger partial charge in [-0.1, -0.05) is 6.92 Å².